The zero-order valence-corrected chi connectivity index (χ0v) is 12.4. The lowest BCUT2D eigenvalue weighted by molar-refractivity contribution is -0.120. The molecule has 0 bridgehead atoms. The molecule has 0 aliphatic carbocycles. The molecule has 1 heterocycles. The molecule has 0 radical (unpaired) electrons. The summed E-state index contributed by atoms with van der Waals surface area (Å²) < 4.78 is 5.19. The highest BCUT2D eigenvalue weighted by molar-refractivity contribution is 6.31. The maximum Gasteiger partial charge on any atom is 0.239 e. The van der Waals surface area contributed by atoms with Crippen LogP contribution < -0.4 is 15.0 Å². The average Bonchev–Trinajstić information content (AvgIpc) is 2.34. The third-order valence-corrected chi connectivity index (χ3v) is 2.68. The van der Waals surface area contributed by atoms with E-state index in [1.165, 1.54) is 13.4 Å². The first-order valence-electron chi connectivity index (χ1n) is 6.08. The van der Waals surface area contributed by atoms with Crippen LogP contribution in [0.3, 0.4) is 0 Å². The molecule has 0 saturated heterocycles. The normalized spacial score (nSPS) is 10.4. The minimum atomic E-state index is -0.0753. The molecule has 0 aliphatic rings. The molecule has 7 heteroatoms. The molecule has 0 atom stereocenters. The maximum absolute atomic E-state index is 11.8. The monoisotopic (exact) mass is 286 g/mol. The standard InChI is InChI=1S/C12H19ClN4O2/c1-5-17(6-9(18)16-8(2)3)12-10(19-4)11(13)14-7-15-12/h7-8H,5-6H2,1-4H3,(H,16,18). The van der Waals surface area contributed by atoms with Gasteiger partial charge in [-0.15, -0.1) is 0 Å². The molecule has 106 valence electrons. The molecule has 1 aromatic rings. The summed E-state index contributed by atoms with van der Waals surface area (Å²) in [5.74, 6) is 0.820. The second kappa shape index (κ2) is 7.13. The maximum atomic E-state index is 11.8. The fourth-order valence-electron chi connectivity index (χ4n) is 1.62. The fraction of sp³-hybridized carbons (Fsp3) is 0.583. The smallest absolute Gasteiger partial charge is 0.239 e. The summed E-state index contributed by atoms with van der Waals surface area (Å²) in [7, 11) is 1.50. The van der Waals surface area contributed by atoms with Gasteiger partial charge in [-0.2, -0.15) is 0 Å². The van der Waals surface area contributed by atoms with Gasteiger partial charge in [0, 0.05) is 12.6 Å². The Balaban J connectivity index is 2.91. The summed E-state index contributed by atoms with van der Waals surface area (Å²) in [4.78, 5) is 21.6. The number of carbonyl (C=O) groups excluding carboxylic acids is 1. The van der Waals surface area contributed by atoms with E-state index in [0.717, 1.165) is 0 Å². The minimum absolute atomic E-state index is 0.0753. The molecule has 1 aromatic heterocycles. The third-order valence-electron chi connectivity index (χ3n) is 2.41. The van der Waals surface area contributed by atoms with Gasteiger partial charge in [0.05, 0.1) is 13.7 Å². The predicted molar refractivity (Wildman–Crippen MR) is 74.8 cm³/mol. The number of hydrogen-bond donors (Lipinski definition) is 1. The van der Waals surface area contributed by atoms with Crippen LogP contribution in [0.15, 0.2) is 6.33 Å². The first-order chi connectivity index (χ1) is 8.99. The van der Waals surface area contributed by atoms with E-state index in [1.54, 1.807) is 4.90 Å². The van der Waals surface area contributed by atoms with E-state index < -0.39 is 0 Å². The Hall–Kier alpha value is -1.56. The van der Waals surface area contributed by atoms with Gasteiger partial charge in [-0.05, 0) is 20.8 Å². The fourth-order valence-corrected chi connectivity index (χ4v) is 1.83. The van der Waals surface area contributed by atoms with Crippen molar-refractivity contribution in [1.82, 2.24) is 15.3 Å². The first-order valence-corrected chi connectivity index (χ1v) is 6.46. The van der Waals surface area contributed by atoms with Gasteiger partial charge >= 0.3 is 0 Å². The topological polar surface area (TPSA) is 67.4 Å². The lowest BCUT2D eigenvalue weighted by atomic mass is 10.3. The summed E-state index contributed by atoms with van der Waals surface area (Å²) in [6.07, 6.45) is 1.35. The molecule has 0 spiro atoms. The van der Waals surface area contributed by atoms with Crippen LogP contribution in [0.25, 0.3) is 0 Å². The highest BCUT2D eigenvalue weighted by Gasteiger charge is 2.18. The number of anilines is 1. The average molecular weight is 287 g/mol. The number of methoxy groups -OCH3 is 1. The zero-order chi connectivity index (χ0) is 14.4. The lowest BCUT2D eigenvalue weighted by Crippen LogP contribution is -2.40. The summed E-state index contributed by atoms with van der Waals surface area (Å²) in [6, 6.07) is 0.0992. The highest BCUT2D eigenvalue weighted by Crippen LogP contribution is 2.31. The van der Waals surface area contributed by atoms with Gasteiger partial charge in [0.15, 0.2) is 16.7 Å². The second-order valence-electron chi connectivity index (χ2n) is 4.26. The van der Waals surface area contributed by atoms with Crippen molar-refractivity contribution < 1.29 is 9.53 Å². The first kappa shape index (κ1) is 15.5. The largest absolute Gasteiger partial charge is 0.490 e. The predicted octanol–water partition coefficient (Wildman–Crippen LogP) is 1.49. The van der Waals surface area contributed by atoms with Crippen molar-refractivity contribution in [3.63, 3.8) is 0 Å². The van der Waals surface area contributed by atoms with Crippen LogP contribution in [0.2, 0.25) is 5.15 Å². The van der Waals surface area contributed by atoms with Gasteiger partial charge in [0.2, 0.25) is 5.91 Å². The molecule has 1 N–H and O–H groups in total. The van der Waals surface area contributed by atoms with E-state index in [9.17, 15) is 4.79 Å². The Morgan fingerprint density at radius 2 is 2.21 bits per heavy atom. The van der Waals surface area contributed by atoms with Crippen LogP contribution in [0.4, 0.5) is 5.82 Å². The van der Waals surface area contributed by atoms with Gasteiger partial charge in [-0.3, -0.25) is 4.79 Å². The lowest BCUT2D eigenvalue weighted by Gasteiger charge is -2.23. The van der Waals surface area contributed by atoms with Crippen LogP contribution >= 0.6 is 11.6 Å². The van der Waals surface area contributed by atoms with Crippen LogP contribution in [0.5, 0.6) is 5.75 Å². The number of amides is 1. The Bertz CT molecular complexity index is 440. The van der Waals surface area contributed by atoms with Crippen LogP contribution in [-0.4, -0.2) is 42.1 Å². The number of carbonyl (C=O) groups is 1. The second-order valence-corrected chi connectivity index (χ2v) is 4.62. The summed E-state index contributed by atoms with van der Waals surface area (Å²) in [5, 5.41) is 3.06. The Labute approximate surface area is 118 Å². The Kier molecular flexibility index (Phi) is 5.82. The van der Waals surface area contributed by atoms with Crippen molar-refractivity contribution in [1.29, 1.82) is 0 Å². The van der Waals surface area contributed by atoms with Crippen LogP contribution in [-0.2, 0) is 4.79 Å². The van der Waals surface area contributed by atoms with Gasteiger partial charge in [0.25, 0.3) is 0 Å². The molecular weight excluding hydrogens is 268 g/mol. The molecule has 1 rings (SSSR count). The molecule has 6 nitrogen and oxygen atoms in total. The number of aromatic nitrogens is 2. The third kappa shape index (κ3) is 4.24. The van der Waals surface area contributed by atoms with Crippen molar-refractivity contribution in [3.8, 4) is 5.75 Å². The number of likely N-dealkylation sites (N-methyl/N-ethyl adjacent to an activating group) is 1. The SMILES string of the molecule is CCN(CC(=O)NC(C)C)c1ncnc(Cl)c1OC. The van der Waals surface area contributed by atoms with Crippen LogP contribution in [0.1, 0.15) is 20.8 Å². The van der Waals surface area contributed by atoms with Crippen molar-refractivity contribution in [2.45, 2.75) is 26.8 Å². The summed E-state index contributed by atoms with van der Waals surface area (Å²) in [6.45, 7) is 6.55. The number of rotatable bonds is 6. The van der Waals surface area contributed by atoms with E-state index in [2.05, 4.69) is 15.3 Å². The zero-order valence-electron chi connectivity index (χ0n) is 11.6. The van der Waals surface area contributed by atoms with Crippen molar-refractivity contribution in [2.75, 3.05) is 25.1 Å². The van der Waals surface area contributed by atoms with E-state index in [4.69, 9.17) is 16.3 Å². The van der Waals surface area contributed by atoms with E-state index >= 15 is 0 Å². The Morgan fingerprint density at radius 1 is 1.53 bits per heavy atom. The quantitative estimate of drug-likeness (QED) is 0.803. The number of halogens is 1. The number of ether oxygens (including phenoxy) is 1. The van der Waals surface area contributed by atoms with E-state index in [0.29, 0.717) is 18.1 Å². The molecule has 1 amide bonds. The number of hydrogen-bond acceptors (Lipinski definition) is 5. The van der Waals surface area contributed by atoms with Gasteiger partial charge in [-0.1, -0.05) is 11.6 Å². The van der Waals surface area contributed by atoms with Gasteiger partial charge < -0.3 is 15.0 Å². The summed E-state index contributed by atoms with van der Waals surface area (Å²) >= 11 is 5.95. The molecule has 19 heavy (non-hydrogen) atoms. The van der Waals surface area contributed by atoms with E-state index in [-0.39, 0.29) is 23.6 Å². The van der Waals surface area contributed by atoms with Crippen molar-refractivity contribution in [2.24, 2.45) is 0 Å². The molecule has 0 saturated carbocycles. The molecule has 0 fully saturated rings. The molecular formula is C12H19ClN4O2. The highest BCUT2D eigenvalue weighted by atomic mass is 35.5. The summed E-state index contributed by atoms with van der Waals surface area (Å²) in [5.41, 5.74) is 0. The molecule has 0 unspecified atom stereocenters. The van der Waals surface area contributed by atoms with Gasteiger partial charge in [-0.25, -0.2) is 9.97 Å². The number of nitrogens with one attached hydrogen (secondary N) is 1. The van der Waals surface area contributed by atoms with Crippen molar-refractivity contribution in [3.05, 3.63) is 11.5 Å². The molecule has 0 aromatic carbocycles. The van der Waals surface area contributed by atoms with Gasteiger partial charge in [0.1, 0.15) is 6.33 Å². The Morgan fingerprint density at radius 3 is 2.74 bits per heavy atom. The minimum Gasteiger partial charge on any atom is -0.490 e. The van der Waals surface area contributed by atoms with E-state index in [1.807, 2.05) is 20.8 Å². The van der Waals surface area contributed by atoms with Crippen molar-refractivity contribution >= 4 is 23.3 Å². The molecule has 0 aliphatic heterocycles. The van der Waals surface area contributed by atoms with Crippen LogP contribution in [0, 0.1) is 0 Å². The number of nitrogens with zero attached hydrogens (tertiary/aromatic N) is 3.